The monoisotopic (exact) mass is 345 g/mol. The Balaban J connectivity index is 1.97. The van der Waals surface area contributed by atoms with Gasteiger partial charge >= 0.3 is 0 Å². The Labute approximate surface area is 139 Å². The summed E-state index contributed by atoms with van der Waals surface area (Å²) < 4.78 is 34.2. The summed E-state index contributed by atoms with van der Waals surface area (Å²) in [6.45, 7) is 1.89. The number of nitrogens with zero attached hydrogens (tertiary/aromatic N) is 4. The number of methoxy groups -OCH3 is 1. The molecule has 124 valence electrons. The number of hydrogen-bond donors (Lipinski definition) is 1. The maximum atomic E-state index is 12.5. The summed E-state index contributed by atoms with van der Waals surface area (Å²) in [5, 5.41) is 10.9. The highest BCUT2D eigenvalue weighted by Crippen LogP contribution is 2.25. The average molecular weight is 345 g/mol. The lowest BCUT2D eigenvalue weighted by Gasteiger charge is -2.11. The lowest BCUT2D eigenvalue weighted by molar-refractivity contribution is 0.414. The molecule has 8 nitrogen and oxygen atoms in total. The number of tetrazole rings is 1. The summed E-state index contributed by atoms with van der Waals surface area (Å²) in [5.74, 6) is 0.476. The van der Waals surface area contributed by atoms with Crippen LogP contribution in [0.5, 0.6) is 5.75 Å². The smallest absolute Gasteiger partial charge is 0.261 e. The van der Waals surface area contributed by atoms with Gasteiger partial charge < -0.3 is 4.74 Å². The van der Waals surface area contributed by atoms with Gasteiger partial charge in [-0.2, -0.15) is 0 Å². The van der Waals surface area contributed by atoms with E-state index in [1.165, 1.54) is 18.1 Å². The molecule has 0 radical (unpaired) electrons. The van der Waals surface area contributed by atoms with Gasteiger partial charge in [-0.15, -0.1) is 5.10 Å². The molecule has 3 aromatic rings. The van der Waals surface area contributed by atoms with Gasteiger partial charge in [0.2, 0.25) is 0 Å². The van der Waals surface area contributed by atoms with E-state index in [0.29, 0.717) is 17.1 Å². The molecule has 1 N–H and O–H groups in total. The fourth-order valence-corrected chi connectivity index (χ4v) is 3.14. The van der Waals surface area contributed by atoms with Crippen LogP contribution in [0.4, 0.5) is 5.69 Å². The second-order valence-corrected chi connectivity index (χ2v) is 6.78. The summed E-state index contributed by atoms with van der Waals surface area (Å²) in [5.41, 5.74) is 1.90. The number of hydrogen-bond acceptors (Lipinski definition) is 6. The lowest BCUT2D eigenvalue weighted by Crippen LogP contribution is -2.13. The Morgan fingerprint density at radius 3 is 2.50 bits per heavy atom. The molecule has 1 heterocycles. The minimum atomic E-state index is -3.71. The number of ether oxygens (including phenoxy) is 1. The first-order chi connectivity index (χ1) is 11.5. The maximum absolute atomic E-state index is 12.5. The fraction of sp³-hybridized carbons (Fsp3) is 0.133. The van der Waals surface area contributed by atoms with E-state index >= 15 is 0 Å². The SMILES string of the molecule is COc1cc(NS(=O)(=O)c2ccc(C)cc2)cc(-n2cnnn2)c1. The molecule has 3 rings (SSSR count). The van der Waals surface area contributed by atoms with Gasteiger partial charge in [-0.1, -0.05) is 17.7 Å². The topological polar surface area (TPSA) is 99.0 Å². The Morgan fingerprint density at radius 1 is 1.12 bits per heavy atom. The number of benzene rings is 2. The van der Waals surface area contributed by atoms with E-state index in [1.54, 1.807) is 42.5 Å². The minimum Gasteiger partial charge on any atom is -0.497 e. The van der Waals surface area contributed by atoms with E-state index < -0.39 is 10.0 Å². The molecule has 0 saturated carbocycles. The molecule has 1 aromatic heterocycles. The number of sulfonamides is 1. The number of aryl methyl sites for hydroxylation is 1. The van der Waals surface area contributed by atoms with Crippen molar-refractivity contribution in [2.24, 2.45) is 0 Å². The third kappa shape index (κ3) is 3.35. The van der Waals surface area contributed by atoms with Crippen LogP contribution in [0, 0.1) is 6.92 Å². The van der Waals surface area contributed by atoms with Crippen LogP contribution < -0.4 is 9.46 Å². The minimum absolute atomic E-state index is 0.180. The number of anilines is 1. The Bertz CT molecular complexity index is 938. The quantitative estimate of drug-likeness (QED) is 0.757. The maximum Gasteiger partial charge on any atom is 0.261 e. The molecule has 0 spiro atoms. The second-order valence-electron chi connectivity index (χ2n) is 5.09. The molecular formula is C15H15N5O3S. The lowest BCUT2D eigenvalue weighted by atomic mass is 10.2. The van der Waals surface area contributed by atoms with Crippen molar-refractivity contribution in [1.29, 1.82) is 0 Å². The van der Waals surface area contributed by atoms with Gasteiger partial charge in [0.25, 0.3) is 10.0 Å². The Hall–Kier alpha value is -2.94. The van der Waals surface area contributed by atoms with Crippen molar-refractivity contribution in [2.75, 3.05) is 11.8 Å². The summed E-state index contributed by atoms with van der Waals surface area (Å²) in [6, 6.07) is 11.5. The first-order valence-electron chi connectivity index (χ1n) is 7.00. The highest BCUT2D eigenvalue weighted by atomic mass is 32.2. The second kappa shape index (κ2) is 6.28. The third-order valence-electron chi connectivity index (χ3n) is 3.32. The van der Waals surface area contributed by atoms with E-state index in [4.69, 9.17) is 4.74 Å². The largest absolute Gasteiger partial charge is 0.497 e. The number of nitrogens with one attached hydrogen (secondary N) is 1. The summed E-state index contributed by atoms with van der Waals surface area (Å²) in [7, 11) is -2.21. The van der Waals surface area contributed by atoms with Crippen molar-refractivity contribution < 1.29 is 13.2 Å². The molecule has 0 aliphatic rings. The Kier molecular flexibility index (Phi) is 4.17. The van der Waals surface area contributed by atoms with Crippen LogP contribution in [0.3, 0.4) is 0 Å². The highest BCUT2D eigenvalue weighted by molar-refractivity contribution is 7.92. The van der Waals surface area contributed by atoms with Gasteiger partial charge in [0.05, 0.1) is 23.4 Å². The van der Waals surface area contributed by atoms with Crippen LogP contribution in [0.15, 0.2) is 53.7 Å². The number of rotatable bonds is 5. The van der Waals surface area contributed by atoms with Crippen LogP contribution in [-0.4, -0.2) is 35.7 Å². The highest BCUT2D eigenvalue weighted by Gasteiger charge is 2.15. The predicted molar refractivity (Wildman–Crippen MR) is 87.7 cm³/mol. The fourth-order valence-electron chi connectivity index (χ4n) is 2.10. The van der Waals surface area contributed by atoms with Crippen LogP contribution >= 0.6 is 0 Å². The molecule has 24 heavy (non-hydrogen) atoms. The molecule has 0 fully saturated rings. The van der Waals surface area contributed by atoms with E-state index in [-0.39, 0.29) is 4.90 Å². The zero-order valence-electron chi connectivity index (χ0n) is 13.0. The van der Waals surface area contributed by atoms with Crippen molar-refractivity contribution in [3.05, 3.63) is 54.4 Å². The van der Waals surface area contributed by atoms with E-state index in [1.807, 2.05) is 6.92 Å². The molecule has 0 atom stereocenters. The summed E-state index contributed by atoms with van der Waals surface area (Å²) in [4.78, 5) is 0.180. The summed E-state index contributed by atoms with van der Waals surface area (Å²) >= 11 is 0. The zero-order valence-corrected chi connectivity index (χ0v) is 13.9. The van der Waals surface area contributed by atoms with Crippen LogP contribution in [-0.2, 0) is 10.0 Å². The molecule has 2 aromatic carbocycles. The third-order valence-corrected chi connectivity index (χ3v) is 4.72. The molecule has 0 unspecified atom stereocenters. The molecule has 0 aliphatic carbocycles. The van der Waals surface area contributed by atoms with Gasteiger partial charge in [-0.3, -0.25) is 4.72 Å². The van der Waals surface area contributed by atoms with Crippen molar-refractivity contribution in [2.45, 2.75) is 11.8 Å². The van der Waals surface area contributed by atoms with Gasteiger partial charge in [0.15, 0.2) is 0 Å². The first kappa shape index (κ1) is 15.9. The molecular weight excluding hydrogens is 330 g/mol. The van der Waals surface area contributed by atoms with Crippen LogP contribution in [0.25, 0.3) is 5.69 Å². The van der Waals surface area contributed by atoms with Gasteiger partial charge in [-0.05, 0) is 35.5 Å². The van der Waals surface area contributed by atoms with Crippen LogP contribution in [0.1, 0.15) is 5.56 Å². The molecule has 0 bridgehead atoms. The van der Waals surface area contributed by atoms with Gasteiger partial charge in [-0.25, -0.2) is 13.1 Å². The van der Waals surface area contributed by atoms with Crippen molar-refractivity contribution in [1.82, 2.24) is 20.2 Å². The van der Waals surface area contributed by atoms with E-state index in [0.717, 1.165) is 5.56 Å². The average Bonchev–Trinajstić information content (AvgIpc) is 3.09. The Morgan fingerprint density at radius 2 is 1.88 bits per heavy atom. The number of aromatic nitrogens is 4. The van der Waals surface area contributed by atoms with Crippen LogP contribution in [0.2, 0.25) is 0 Å². The molecule has 0 saturated heterocycles. The van der Waals surface area contributed by atoms with Gasteiger partial charge in [0.1, 0.15) is 12.1 Å². The first-order valence-corrected chi connectivity index (χ1v) is 8.48. The van der Waals surface area contributed by atoms with Gasteiger partial charge in [0, 0.05) is 12.1 Å². The van der Waals surface area contributed by atoms with Crippen molar-refractivity contribution in [3.8, 4) is 11.4 Å². The van der Waals surface area contributed by atoms with E-state index in [2.05, 4.69) is 20.2 Å². The van der Waals surface area contributed by atoms with Crippen molar-refractivity contribution in [3.63, 3.8) is 0 Å². The predicted octanol–water partition coefficient (Wildman–Crippen LogP) is 1.78. The van der Waals surface area contributed by atoms with E-state index in [9.17, 15) is 8.42 Å². The molecule has 0 amide bonds. The zero-order chi connectivity index (χ0) is 17.2. The molecule has 9 heteroatoms. The standard InChI is InChI=1S/C15H15N5O3S/c1-11-3-5-15(6-4-11)24(21,22)17-12-7-13(9-14(8-12)23-2)20-10-16-18-19-20/h3-10,17H,1-2H3. The van der Waals surface area contributed by atoms with Crippen molar-refractivity contribution >= 4 is 15.7 Å². The summed E-state index contributed by atoms with van der Waals surface area (Å²) in [6.07, 6.45) is 1.41. The normalized spacial score (nSPS) is 11.2. The molecule has 0 aliphatic heterocycles.